The summed E-state index contributed by atoms with van der Waals surface area (Å²) < 4.78 is 5.13. The molecule has 0 saturated carbocycles. The maximum Gasteiger partial charge on any atom is 0.233 e. The van der Waals surface area contributed by atoms with E-state index < -0.39 is 0 Å². The van der Waals surface area contributed by atoms with E-state index in [0.29, 0.717) is 29.5 Å². The molecule has 1 amide bonds. The van der Waals surface area contributed by atoms with Gasteiger partial charge in [0, 0.05) is 11.6 Å². The van der Waals surface area contributed by atoms with Crippen LogP contribution >= 0.6 is 23.4 Å². The van der Waals surface area contributed by atoms with Gasteiger partial charge in [-0.1, -0.05) is 29.8 Å². The SMILES string of the molecule is COc1cc(CCN2C(=O)CSC2c2ccc(Cl)cc2)ccc1O. The fourth-order valence-corrected chi connectivity index (χ4v) is 4.07. The van der Waals surface area contributed by atoms with Gasteiger partial charge in [-0.3, -0.25) is 4.79 Å². The molecule has 2 aromatic rings. The Bertz CT molecular complexity index is 736. The first-order valence-corrected chi connectivity index (χ1v) is 9.03. The first kappa shape index (κ1) is 17.0. The maximum atomic E-state index is 12.2. The van der Waals surface area contributed by atoms with Gasteiger partial charge < -0.3 is 14.7 Å². The minimum absolute atomic E-state index is 0.0220. The number of phenolic OH excluding ortho intramolecular Hbond substituents is 1. The molecule has 1 unspecified atom stereocenters. The normalized spacial score (nSPS) is 17.3. The fourth-order valence-electron chi connectivity index (χ4n) is 2.73. The van der Waals surface area contributed by atoms with Crippen LogP contribution in [0.3, 0.4) is 0 Å². The average Bonchev–Trinajstić information content (AvgIpc) is 2.95. The molecule has 4 nitrogen and oxygen atoms in total. The predicted molar refractivity (Wildman–Crippen MR) is 96.7 cm³/mol. The van der Waals surface area contributed by atoms with E-state index in [4.69, 9.17) is 16.3 Å². The Morgan fingerprint density at radius 1 is 1.29 bits per heavy atom. The first-order valence-electron chi connectivity index (χ1n) is 7.61. The fraction of sp³-hybridized carbons (Fsp3) is 0.278. The summed E-state index contributed by atoms with van der Waals surface area (Å²) in [5.74, 6) is 1.20. The predicted octanol–water partition coefficient (Wildman–Crippen LogP) is 3.87. The molecule has 1 heterocycles. The summed E-state index contributed by atoms with van der Waals surface area (Å²) in [7, 11) is 1.52. The highest BCUT2D eigenvalue weighted by Crippen LogP contribution is 2.39. The minimum atomic E-state index is 0.0220. The number of hydrogen-bond donors (Lipinski definition) is 1. The van der Waals surface area contributed by atoms with E-state index in [-0.39, 0.29) is 17.0 Å². The third-order valence-corrected chi connectivity index (χ3v) is 5.52. The largest absolute Gasteiger partial charge is 0.504 e. The van der Waals surface area contributed by atoms with E-state index in [2.05, 4.69) is 0 Å². The lowest BCUT2D eigenvalue weighted by molar-refractivity contribution is -0.128. The zero-order chi connectivity index (χ0) is 17.1. The molecule has 1 fully saturated rings. The van der Waals surface area contributed by atoms with Gasteiger partial charge >= 0.3 is 0 Å². The summed E-state index contributed by atoms with van der Waals surface area (Å²) in [5, 5.41) is 10.4. The van der Waals surface area contributed by atoms with Crippen molar-refractivity contribution >= 4 is 29.3 Å². The minimum Gasteiger partial charge on any atom is -0.504 e. The van der Waals surface area contributed by atoms with E-state index >= 15 is 0 Å². The van der Waals surface area contributed by atoms with Crippen LogP contribution in [0.15, 0.2) is 42.5 Å². The molecule has 1 aliphatic heterocycles. The van der Waals surface area contributed by atoms with Crippen molar-refractivity contribution in [3.63, 3.8) is 0 Å². The van der Waals surface area contributed by atoms with Crippen LogP contribution in [-0.4, -0.2) is 35.3 Å². The quantitative estimate of drug-likeness (QED) is 0.876. The number of nitrogens with zero attached hydrogens (tertiary/aromatic N) is 1. The smallest absolute Gasteiger partial charge is 0.233 e. The number of carbonyl (C=O) groups is 1. The molecule has 2 aromatic carbocycles. The summed E-state index contributed by atoms with van der Waals surface area (Å²) in [4.78, 5) is 14.1. The second kappa shape index (κ2) is 7.36. The number of amides is 1. The standard InChI is InChI=1S/C18H18ClNO3S/c1-23-16-10-12(2-7-15(16)21)8-9-20-17(22)11-24-18(20)13-3-5-14(19)6-4-13/h2-7,10,18,21H,8-9,11H2,1H3. The third kappa shape index (κ3) is 3.62. The number of hydrogen-bond acceptors (Lipinski definition) is 4. The molecular formula is C18H18ClNO3S. The van der Waals surface area contributed by atoms with Gasteiger partial charge in [0.25, 0.3) is 0 Å². The monoisotopic (exact) mass is 363 g/mol. The number of phenols is 1. The Balaban J connectivity index is 1.72. The van der Waals surface area contributed by atoms with E-state index in [9.17, 15) is 9.90 Å². The molecule has 1 atom stereocenters. The van der Waals surface area contributed by atoms with Gasteiger partial charge in [-0.2, -0.15) is 0 Å². The van der Waals surface area contributed by atoms with Crippen molar-refractivity contribution in [3.05, 3.63) is 58.6 Å². The van der Waals surface area contributed by atoms with Crippen molar-refractivity contribution in [3.8, 4) is 11.5 Å². The first-order chi connectivity index (χ1) is 11.6. The number of benzene rings is 2. The number of methoxy groups -OCH3 is 1. The molecule has 1 aliphatic rings. The second-order valence-electron chi connectivity index (χ2n) is 5.56. The van der Waals surface area contributed by atoms with E-state index in [1.54, 1.807) is 23.9 Å². The van der Waals surface area contributed by atoms with Gasteiger partial charge in [-0.05, 0) is 41.8 Å². The Hall–Kier alpha value is -1.85. The van der Waals surface area contributed by atoms with Gasteiger partial charge in [-0.15, -0.1) is 11.8 Å². The van der Waals surface area contributed by atoms with E-state index in [1.165, 1.54) is 7.11 Å². The van der Waals surface area contributed by atoms with Crippen molar-refractivity contribution in [2.24, 2.45) is 0 Å². The van der Waals surface area contributed by atoms with Gasteiger partial charge in [0.2, 0.25) is 5.91 Å². The van der Waals surface area contributed by atoms with E-state index in [1.807, 2.05) is 35.2 Å². The summed E-state index contributed by atoms with van der Waals surface area (Å²) in [6.45, 7) is 0.618. The molecule has 1 saturated heterocycles. The van der Waals surface area contributed by atoms with Crippen LogP contribution in [0.2, 0.25) is 5.02 Å². The molecule has 0 bridgehead atoms. The lowest BCUT2D eigenvalue weighted by Crippen LogP contribution is -2.30. The van der Waals surface area contributed by atoms with Gasteiger partial charge in [-0.25, -0.2) is 0 Å². The Kier molecular flexibility index (Phi) is 5.21. The molecule has 0 spiro atoms. The van der Waals surface area contributed by atoms with Crippen LogP contribution in [0, 0.1) is 0 Å². The van der Waals surface area contributed by atoms with E-state index in [0.717, 1.165) is 11.1 Å². The zero-order valence-electron chi connectivity index (χ0n) is 13.2. The highest BCUT2D eigenvalue weighted by molar-refractivity contribution is 8.00. The molecule has 0 radical (unpaired) electrons. The Morgan fingerprint density at radius 3 is 2.75 bits per heavy atom. The van der Waals surface area contributed by atoms with Gasteiger partial charge in [0.05, 0.1) is 12.9 Å². The molecular weight excluding hydrogens is 346 g/mol. The zero-order valence-corrected chi connectivity index (χ0v) is 14.8. The van der Waals surface area contributed by atoms with Crippen LogP contribution in [-0.2, 0) is 11.2 Å². The molecule has 1 N–H and O–H groups in total. The van der Waals surface area contributed by atoms with Crippen LogP contribution in [0.1, 0.15) is 16.5 Å². The van der Waals surface area contributed by atoms with Gasteiger partial charge in [0.15, 0.2) is 11.5 Å². The third-order valence-electron chi connectivity index (χ3n) is 4.01. The van der Waals surface area contributed by atoms with Crippen LogP contribution in [0.4, 0.5) is 0 Å². The number of carbonyl (C=O) groups excluding carboxylic acids is 1. The van der Waals surface area contributed by atoms with Crippen molar-refractivity contribution < 1.29 is 14.6 Å². The van der Waals surface area contributed by atoms with Crippen LogP contribution < -0.4 is 4.74 Å². The van der Waals surface area contributed by atoms with Crippen molar-refractivity contribution in [2.75, 3.05) is 19.4 Å². The molecule has 3 rings (SSSR count). The topological polar surface area (TPSA) is 49.8 Å². The highest BCUT2D eigenvalue weighted by atomic mass is 35.5. The number of halogens is 1. The number of rotatable bonds is 5. The summed E-state index contributed by atoms with van der Waals surface area (Å²) in [5.41, 5.74) is 2.10. The Labute approximate surface area is 150 Å². The van der Waals surface area contributed by atoms with Crippen LogP contribution in [0.5, 0.6) is 11.5 Å². The number of thioether (sulfide) groups is 1. The molecule has 0 aliphatic carbocycles. The molecule has 6 heteroatoms. The Morgan fingerprint density at radius 2 is 2.04 bits per heavy atom. The summed E-state index contributed by atoms with van der Waals surface area (Å²) in [6, 6.07) is 12.9. The highest BCUT2D eigenvalue weighted by Gasteiger charge is 2.32. The lowest BCUT2D eigenvalue weighted by Gasteiger charge is -2.24. The van der Waals surface area contributed by atoms with Crippen molar-refractivity contribution in [2.45, 2.75) is 11.8 Å². The maximum absolute atomic E-state index is 12.2. The average molecular weight is 364 g/mol. The second-order valence-corrected chi connectivity index (χ2v) is 7.06. The lowest BCUT2D eigenvalue weighted by atomic mass is 10.1. The summed E-state index contributed by atoms with van der Waals surface area (Å²) >= 11 is 7.58. The molecule has 0 aromatic heterocycles. The van der Waals surface area contributed by atoms with Gasteiger partial charge in [0.1, 0.15) is 5.37 Å². The summed E-state index contributed by atoms with van der Waals surface area (Å²) in [6.07, 6.45) is 0.701. The van der Waals surface area contributed by atoms with Crippen molar-refractivity contribution in [1.82, 2.24) is 4.90 Å². The molecule has 126 valence electrons. The van der Waals surface area contributed by atoms with Crippen molar-refractivity contribution in [1.29, 1.82) is 0 Å². The number of aromatic hydroxyl groups is 1. The van der Waals surface area contributed by atoms with Crippen LogP contribution in [0.25, 0.3) is 0 Å². The number of ether oxygens (including phenoxy) is 1. The molecule has 24 heavy (non-hydrogen) atoms.